The van der Waals surface area contributed by atoms with Crippen molar-refractivity contribution in [1.82, 2.24) is 14.8 Å². The van der Waals surface area contributed by atoms with E-state index in [0.29, 0.717) is 0 Å². The van der Waals surface area contributed by atoms with Gasteiger partial charge in [-0.3, -0.25) is 4.98 Å². The molecule has 1 unspecified atom stereocenters. The maximum absolute atomic E-state index is 6.40. The monoisotopic (exact) mass is 365 g/mol. The molecule has 24 heavy (non-hydrogen) atoms. The maximum atomic E-state index is 6.40. The number of aryl methyl sites for hydroxylation is 1. The predicted octanol–water partition coefficient (Wildman–Crippen LogP) is 3.29. The van der Waals surface area contributed by atoms with E-state index in [1.54, 1.807) is 0 Å². The van der Waals surface area contributed by atoms with E-state index in [2.05, 4.69) is 47.9 Å². The lowest BCUT2D eigenvalue weighted by Gasteiger charge is -2.23. The van der Waals surface area contributed by atoms with Gasteiger partial charge in [-0.05, 0) is 45.1 Å². The molecule has 4 nitrogen and oxygen atoms in total. The molecule has 0 amide bonds. The number of ether oxygens (including phenoxy) is 1. The molecule has 1 aromatic heterocycles. The Bertz CT molecular complexity index is 750. The molecule has 1 aliphatic rings. The van der Waals surface area contributed by atoms with E-state index in [9.17, 15) is 0 Å². The highest BCUT2D eigenvalue weighted by Crippen LogP contribution is 2.34. The zero-order valence-corrected chi connectivity index (χ0v) is 16.2. The summed E-state index contributed by atoms with van der Waals surface area (Å²) in [5.74, 6) is 0.837. The largest absolute Gasteiger partial charge is 0.485 e. The number of nitrogens with zero attached hydrogens (tertiary/aromatic N) is 3. The molecule has 0 spiro atoms. The molecule has 6 heteroatoms. The Morgan fingerprint density at radius 1 is 1.42 bits per heavy atom. The molecule has 0 N–H and O–H groups in total. The smallest absolute Gasteiger partial charge is 0.156 e. The van der Waals surface area contributed by atoms with Crippen molar-refractivity contribution in [3.8, 4) is 5.75 Å². The zero-order valence-electron chi connectivity index (χ0n) is 14.6. The maximum Gasteiger partial charge on any atom is 0.156 e. The number of hydrogen-bond donors (Lipinski definition) is 0. The van der Waals surface area contributed by atoms with E-state index in [1.807, 2.05) is 19.3 Å². The second-order valence-electron chi connectivity index (χ2n) is 6.49. The summed E-state index contributed by atoms with van der Waals surface area (Å²) >= 11 is 5.69. The number of pyridine rings is 1. The van der Waals surface area contributed by atoms with Crippen LogP contribution in [-0.2, 0) is 0 Å². The third-order valence-electron chi connectivity index (χ3n) is 4.29. The normalized spacial score (nSPS) is 17.3. The molecule has 1 atom stereocenters. The Morgan fingerprint density at radius 2 is 2.17 bits per heavy atom. The van der Waals surface area contributed by atoms with Crippen LogP contribution in [0, 0.1) is 6.92 Å². The van der Waals surface area contributed by atoms with Crippen LogP contribution in [0.2, 0.25) is 0 Å². The standard InChI is InChI=1S/C18H23N3OS.ClH/c1-12-10-15-17(16-14(12)6-5-8-19-16)22-13(7-9-20(2)3)11-21(4)18(15)23;/h5-6,8,10,13H,7,9,11H2,1-4H3;1H. The highest BCUT2D eigenvalue weighted by atomic mass is 35.5. The van der Waals surface area contributed by atoms with E-state index in [4.69, 9.17) is 17.0 Å². The Kier molecular flexibility index (Phi) is 6.01. The van der Waals surface area contributed by atoms with Gasteiger partial charge in [-0.15, -0.1) is 12.4 Å². The Hall–Kier alpha value is -1.43. The number of likely N-dealkylation sites (N-methyl/N-ethyl adjacent to an activating group) is 1. The van der Waals surface area contributed by atoms with Crippen LogP contribution in [0.3, 0.4) is 0 Å². The summed E-state index contributed by atoms with van der Waals surface area (Å²) in [7, 11) is 6.21. The molecular formula is C18H24ClN3OS. The van der Waals surface area contributed by atoms with Gasteiger partial charge < -0.3 is 14.5 Å². The van der Waals surface area contributed by atoms with Gasteiger partial charge in [0.2, 0.25) is 0 Å². The molecule has 1 aliphatic heterocycles. The van der Waals surface area contributed by atoms with Crippen LogP contribution < -0.4 is 4.74 Å². The molecule has 1 aromatic carbocycles. The van der Waals surface area contributed by atoms with Crippen molar-refractivity contribution in [2.75, 3.05) is 34.2 Å². The first-order valence-corrected chi connectivity index (χ1v) is 8.33. The van der Waals surface area contributed by atoms with Crippen molar-refractivity contribution < 1.29 is 4.74 Å². The van der Waals surface area contributed by atoms with Gasteiger partial charge in [-0.25, -0.2) is 0 Å². The van der Waals surface area contributed by atoms with Crippen LogP contribution in [0.4, 0.5) is 0 Å². The second kappa shape index (κ2) is 7.64. The number of rotatable bonds is 3. The number of aromatic nitrogens is 1. The number of hydrogen-bond acceptors (Lipinski definition) is 4. The Balaban J connectivity index is 0.00000208. The van der Waals surface area contributed by atoms with Crippen LogP contribution in [0.1, 0.15) is 17.5 Å². The first-order chi connectivity index (χ1) is 11.0. The Labute approximate surface area is 155 Å². The molecule has 0 radical (unpaired) electrons. The molecule has 0 fully saturated rings. The van der Waals surface area contributed by atoms with Crippen LogP contribution in [0.15, 0.2) is 24.4 Å². The van der Waals surface area contributed by atoms with Crippen molar-refractivity contribution in [3.05, 3.63) is 35.5 Å². The van der Waals surface area contributed by atoms with Crippen molar-refractivity contribution in [2.24, 2.45) is 0 Å². The first-order valence-electron chi connectivity index (χ1n) is 7.92. The summed E-state index contributed by atoms with van der Waals surface area (Å²) in [6, 6.07) is 6.19. The fourth-order valence-corrected chi connectivity index (χ4v) is 3.25. The van der Waals surface area contributed by atoms with Gasteiger partial charge in [-0.2, -0.15) is 0 Å². The summed E-state index contributed by atoms with van der Waals surface area (Å²) in [5.41, 5.74) is 3.08. The SMILES string of the molecule is Cc1cc2c(c3ncccc13)OC(CCN(C)C)CN(C)C2=S.Cl. The van der Waals surface area contributed by atoms with Crippen LogP contribution in [0.5, 0.6) is 5.75 Å². The molecule has 0 saturated heterocycles. The number of benzene rings is 1. The predicted molar refractivity (Wildman–Crippen MR) is 106 cm³/mol. The summed E-state index contributed by atoms with van der Waals surface area (Å²) in [5, 5.41) is 1.13. The summed E-state index contributed by atoms with van der Waals surface area (Å²) in [6.45, 7) is 3.88. The number of halogens is 1. The van der Waals surface area contributed by atoms with Gasteiger partial charge in [0, 0.05) is 25.2 Å². The van der Waals surface area contributed by atoms with Crippen molar-refractivity contribution >= 4 is 40.5 Å². The van der Waals surface area contributed by atoms with Gasteiger partial charge >= 0.3 is 0 Å². The molecule has 3 rings (SSSR count). The average molecular weight is 366 g/mol. The molecular weight excluding hydrogens is 342 g/mol. The minimum Gasteiger partial charge on any atom is -0.485 e. The van der Waals surface area contributed by atoms with Gasteiger partial charge in [-0.1, -0.05) is 18.3 Å². The van der Waals surface area contributed by atoms with E-state index in [0.717, 1.165) is 46.7 Å². The molecule has 130 valence electrons. The zero-order chi connectivity index (χ0) is 16.6. The summed E-state index contributed by atoms with van der Waals surface area (Å²) < 4.78 is 6.40. The second-order valence-corrected chi connectivity index (χ2v) is 6.87. The fourth-order valence-electron chi connectivity index (χ4n) is 3.02. The topological polar surface area (TPSA) is 28.6 Å². The van der Waals surface area contributed by atoms with Crippen molar-refractivity contribution in [3.63, 3.8) is 0 Å². The molecule has 0 bridgehead atoms. The van der Waals surface area contributed by atoms with Crippen molar-refractivity contribution in [2.45, 2.75) is 19.4 Å². The van der Waals surface area contributed by atoms with Crippen LogP contribution >= 0.6 is 24.6 Å². The van der Waals surface area contributed by atoms with Gasteiger partial charge in [0.1, 0.15) is 16.6 Å². The Morgan fingerprint density at radius 3 is 2.88 bits per heavy atom. The van der Waals surface area contributed by atoms with Crippen LogP contribution in [0.25, 0.3) is 10.9 Å². The van der Waals surface area contributed by atoms with Crippen molar-refractivity contribution in [1.29, 1.82) is 0 Å². The number of fused-ring (bicyclic) bond motifs is 3. The minimum absolute atomic E-state index is 0. The molecule has 2 heterocycles. The van der Waals surface area contributed by atoms with Gasteiger partial charge in [0.05, 0.1) is 12.1 Å². The summed E-state index contributed by atoms with van der Waals surface area (Å²) in [6.07, 6.45) is 2.88. The molecule has 0 saturated carbocycles. The van der Waals surface area contributed by atoms with E-state index in [-0.39, 0.29) is 18.5 Å². The summed E-state index contributed by atoms with van der Waals surface area (Å²) in [4.78, 5) is 9.71. The molecule has 0 aliphatic carbocycles. The lowest BCUT2D eigenvalue weighted by molar-refractivity contribution is 0.161. The highest BCUT2D eigenvalue weighted by Gasteiger charge is 2.27. The van der Waals surface area contributed by atoms with E-state index < -0.39 is 0 Å². The third-order valence-corrected chi connectivity index (χ3v) is 4.82. The first kappa shape index (κ1) is 18.9. The highest BCUT2D eigenvalue weighted by molar-refractivity contribution is 7.80. The van der Waals surface area contributed by atoms with E-state index in [1.165, 1.54) is 5.56 Å². The fraction of sp³-hybridized carbons (Fsp3) is 0.444. The quantitative estimate of drug-likeness (QED) is 0.778. The average Bonchev–Trinajstić information content (AvgIpc) is 2.64. The minimum atomic E-state index is 0. The molecule has 2 aromatic rings. The lowest BCUT2D eigenvalue weighted by Crippen LogP contribution is -2.35. The lowest BCUT2D eigenvalue weighted by atomic mass is 10.0. The van der Waals surface area contributed by atoms with E-state index >= 15 is 0 Å². The number of thiocarbonyl (C=S) groups is 1. The van der Waals surface area contributed by atoms with Gasteiger partial charge in [0.15, 0.2) is 5.75 Å². The van der Waals surface area contributed by atoms with Crippen LogP contribution in [-0.4, -0.2) is 60.1 Å². The van der Waals surface area contributed by atoms with Gasteiger partial charge in [0.25, 0.3) is 0 Å². The third kappa shape index (κ3) is 3.63.